The number of rotatable bonds is 4. The van der Waals surface area contributed by atoms with Crippen LogP contribution in [0.4, 0.5) is 5.69 Å². The highest BCUT2D eigenvalue weighted by Gasteiger charge is 2.45. The Balaban J connectivity index is 2.23. The molecule has 0 fully saturated rings. The Morgan fingerprint density at radius 2 is 2.10 bits per heavy atom. The molecule has 0 saturated carbocycles. The van der Waals surface area contributed by atoms with Gasteiger partial charge in [0.2, 0.25) is 5.88 Å². The summed E-state index contributed by atoms with van der Waals surface area (Å²) in [6, 6.07) is 4.15. The van der Waals surface area contributed by atoms with E-state index in [-0.39, 0.29) is 52.0 Å². The number of nitro groups is 1. The van der Waals surface area contributed by atoms with Gasteiger partial charge in [-0.2, -0.15) is 0 Å². The molecule has 0 radical (unpaired) electrons. The van der Waals surface area contributed by atoms with E-state index in [9.17, 15) is 19.7 Å². The van der Waals surface area contributed by atoms with Crippen LogP contribution in [0.1, 0.15) is 45.1 Å². The van der Waals surface area contributed by atoms with Gasteiger partial charge < -0.3 is 15.2 Å². The summed E-state index contributed by atoms with van der Waals surface area (Å²) < 4.78 is 10.8. The van der Waals surface area contributed by atoms with Gasteiger partial charge in [-0.05, 0) is 24.0 Å². The van der Waals surface area contributed by atoms with Gasteiger partial charge in [0.25, 0.3) is 5.69 Å². The molecular formula is C20H21ClN2O6. The van der Waals surface area contributed by atoms with Gasteiger partial charge >= 0.3 is 5.97 Å². The van der Waals surface area contributed by atoms with Crippen LogP contribution in [0, 0.1) is 15.5 Å². The molecule has 29 heavy (non-hydrogen) atoms. The van der Waals surface area contributed by atoms with E-state index in [1.807, 2.05) is 13.8 Å². The predicted molar refractivity (Wildman–Crippen MR) is 105 cm³/mol. The fraction of sp³-hybridized carbons (Fsp3) is 0.400. The minimum atomic E-state index is -0.933. The molecule has 2 N–H and O–H groups in total. The number of nitrogens with two attached hydrogens (primary N) is 1. The second-order valence-corrected chi connectivity index (χ2v) is 8.19. The van der Waals surface area contributed by atoms with Gasteiger partial charge in [0.1, 0.15) is 16.4 Å². The second kappa shape index (κ2) is 7.51. The molecule has 9 heteroatoms. The van der Waals surface area contributed by atoms with E-state index < -0.39 is 16.8 Å². The van der Waals surface area contributed by atoms with E-state index in [1.165, 1.54) is 18.2 Å². The van der Waals surface area contributed by atoms with Crippen molar-refractivity contribution in [2.45, 2.75) is 39.5 Å². The van der Waals surface area contributed by atoms with Crippen molar-refractivity contribution in [3.63, 3.8) is 0 Å². The number of ketones is 1. The summed E-state index contributed by atoms with van der Waals surface area (Å²) in [5, 5.41) is 11.3. The molecule has 1 aromatic carbocycles. The molecule has 1 aromatic rings. The minimum Gasteiger partial charge on any atom is -0.462 e. The van der Waals surface area contributed by atoms with Crippen molar-refractivity contribution in [1.82, 2.24) is 0 Å². The number of Topliss-reactive ketones (excluding diaryl/α,β-unsaturated/α-hetero) is 1. The average molecular weight is 421 g/mol. The second-order valence-electron chi connectivity index (χ2n) is 7.78. The highest BCUT2D eigenvalue weighted by molar-refractivity contribution is 6.32. The van der Waals surface area contributed by atoms with Crippen LogP contribution in [0.2, 0.25) is 5.02 Å². The smallest absolute Gasteiger partial charge is 0.340 e. The number of nitrogens with zero attached hydrogens (tertiary/aromatic N) is 1. The third-order valence-corrected chi connectivity index (χ3v) is 5.27. The maximum Gasteiger partial charge on any atom is 0.340 e. The van der Waals surface area contributed by atoms with Crippen molar-refractivity contribution in [2.75, 3.05) is 6.61 Å². The molecular weight excluding hydrogens is 400 g/mol. The lowest BCUT2D eigenvalue weighted by Crippen LogP contribution is -2.35. The van der Waals surface area contributed by atoms with E-state index in [0.29, 0.717) is 17.7 Å². The first-order valence-electron chi connectivity index (χ1n) is 9.10. The Morgan fingerprint density at radius 3 is 2.72 bits per heavy atom. The molecule has 2 aliphatic rings. The van der Waals surface area contributed by atoms with Crippen molar-refractivity contribution in [3.05, 3.63) is 61.7 Å². The molecule has 0 amide bonds. The SMILES string of the molecule is CCOC(=O)C1=C(N)OC2=C(C(=O)CC(C)(C)C2)[C@@H]1c1ccc(Cl)c([N+](=O)[O-])c1. The number of halogens is 1. The van der Waals surface area contributed by atoms with Gasteiger partial charge in [0.15, 0.2) is 5.78 Å². The molecule has 1 atom stereocenters. The number of ether oxygens (including phenoxy) is 2. The van der Waals surface area contributed by atoms with E-state index in [1.54, 1.807) is 6.92 Å². The van der Waals surface area contributed by atoms with E-state index in [2.05, 4.69) is 0 Å². The van der Waals surface area contributed by atoms with Gasteiger partial charge in [-0.3, -0.25) is 14.9 Å². The number of hydrogen-bond acceptors (Lipinski definition) is 7. The van der Waals surface area contributed by atoms with Crippen molar-refractivity contribution in [1.29, 1.82) is 0 Å². The highest BCUT2D eigenvalue weighted by atomic mass is 35.5. The van der Waals surface area contributed by atoms with Crippen molar-refractivity contribution < 1.29 is 24.0 Å². The summed E-state index contributed by atoms with van der Waals surface area (Å²) in [5.74, 6) is -1.67. The van der Waals surface area contributed by atoms with Crippen LogP contribution in [-0.4, -0.2) is 23.3 Å². The Morgan fingerprint density at radius 1 is 1.41 bits per heavy atom. The molecule has 0 saturated heterocycles. The number of esters is 1. The van der Waals surface area contributed by atoms with Crippen molar-refractivity contribution in [2.24, 2.45) is 11.1 Å². The lowest BCUT2D eigenvalue weighted by atomic mass is 9.70. The zero-order valence-electron chi connectivity index (χ0n) is 16.3. The molecule has 0 bridgehead atoms. The normalized spacial score (nSPS) is 20.8. The third-order valence-electron chi connectivity index (χ3n) is 4.95. The summed E-state index contributed by atoms with van der Waals surface area (Å²) in [6.07, 6.45) is 0.689. The molecule has 154 valence electrons. The lowest BCUT2D eigenvalue weighted by Gasteiger charge is -2.37. The first-order valence-corrected chi connectivity index (χ1v) is 9.48. The van der Waals surface area contributed by atoms with Gasteiger partial charge in [-0.25, -0.2) is 4.79 Å². The maximum absolute atomic E-state index is 13.0. The minimum absolute atomic E-state index is 0.0460. The van der Waals surface area contributed by atoms with Crippen LogP contribution in [0.3, 0.4) is 0 Å². The van der Waals surface area contributed by atoms with Crippen LogP contribution in [0.15, 0.2) is 41.0 Å². The number of allylic oxidation sites excluding steroid dienone is 2. The number of carbonyl (C=O) groups excluding carboxylic acids is 2. The van der Waals surface area contributed by atoms with Crippen LogP contribution in [-0.2, 0) is 19.1 Å². The fourth-order valence-corrected chi connectivity index (χ4v) is 3.96. The monoisotopic (exact) mass is 420 g/mol. The number of hydrogen-bond donors (Lipinski definition) is 1. The molecule has 1 heterocycles. The van der Waals surface area contributed by atoms with Gasteiger partial charge in [0.05, 0.1) is 17.4 Å². The number of carbonyl (C=O) groups is 2. The Labute approximate surface area is 172 Å². The summed E-state index contributed by atoms with van der Waals surface area (Å²) >= 11 is 5.94. The molecule has 1 aliphatic heterocycles. The average Bonchev–Trinajstić information content (AvgIpc) is 2.59. The van der Waals surface area contributed by atoms with E-state index in [0.717, 1.165) is 0 Å². The fourth-order valence-electron chi connectivity index (χ4n) is 3.77. The summed E-state index contributed by atoms with van der Waals surface area (Å²) in [7, 11) is 0. The Bertz CT molecular complexity index is 979. The number of nitro benzene ring substituents is 1. The zero-order valence-corrected chi connectivity index (χ0v) is 17.0. The molecule has 1 aliphatic carbocycles. The number of benzene rings is 1. The summed E-state index contributed by atoms with van der Waals surface area (Å²) in [6.45, 7) is 5.59. The van der Waals surface area contributed by atoms with Crippen LogP contribution in [0.25, 0.3) is 0 Å². The first kappa shape index (κ1) is 20.9. The lowest BCUT2D eigenvalue weighted by molar-refractivity contribution is -0.384. The highest BCUT2D eigenvalue weighted by Crippen LogP contribution is 2.49. The van der Waals surface area contributed by atoms with Gasteiger partial charge in [-0.1, -0.05) is 31.5 Å². The quantitative estimate of drug-likeness (QED) is 0.447. The van der Waals surface area contributed by atoms with Crippen LogP contribution >= 0.6 is 11.6 Å². The molecule has 0 aromatic heterocycles. The Kier molecular flexibility index (Phi) is 5.40. The van der Waals surface area contributed by atoms with Crippen LogP contribution < -0.4 is 5.73 Å². The maximum atomic E-state index is 13.0. The topological polar surface area (TPSA) is 122 Å². The Hall–Kier alpha value is -2.87. The van der Waals surface area contributed by atoms with Gasteiger partial charge in [0, 0.05) is 24.5 Å². The van der Waals surface area contributed by atoms with Crippen molar-refractivity contribution in [3.8, 4) is 0 Å². The molecule has 8 nitrogen and oxygen atoms in total. The third kappa shape index (κ3) is 3.85. The molecule has 3 rings (SSSR count). The zero-order chi connectivity index (χ0) is 21.5. The van der Waals surface area contributed by atoms with E-state index in [4.69, 9.17) is 26.8 Å². The molecule has 0 spiro atoms. The summed E-state index contributed by atoms with van der Waals surface area (Å²) in [4.78, 5) is 36.4. The van der Waals surface area contributed by atoms with Crippen LogP contribution in [0.5, 0.6) is 0 Å². The molecule has 0 unspecified atom stereocenters. The van der Waals surface area contributed by atoms with E-state index >= 15 is 0 Å². The van der Waals surface area contributed by atoms with Crippen molar-refractivity contribution >= 4 is 29.0 Å². The summed E-state index contributed by atoms with van der Waals surface area (Å²) in [5.41, 5.74) is 5.96. The van der Waals surface area contributed by atoms with Gasteiger partial charge in [-0.15, -0.1) is 0 Å². The largest absolute Gasteiger partial charge is 0.462 e. The standard InChI is InChI=1S/C20H21ClN2O6/c1-4-28-19(25)17-15(10-5-6-11(21)12(7-10)23(26)27)16-13(24)8-20(2,3)9-14(16)29-18(17)22/h5-7,15H,4,8-9,22H2,1-3H3/t15-/m0/s1. The first-order chi connectivity index (χ1) is 13.6. The predicted octanol–water partition coefficient (Wildman–Crippen LogP) is 3.74.